The van der Waals surface area contributed by atoms with Gasteiger partial charge >= 0.3 is 6.03 Å². The summed E-state index contributed by atoms with van der Waals surface area (Å²) in [5.41, 5.74) is 2.52. The normalized spacial score (nSPS) is 13.4. The van der Waals surface area contributed by atoms with E-state index in [-0.39, 0.29) is 18.0 Å². The first-order valence-electron chi connectivity index (χ1n) is 6.46. The molecular weight excluding hydrogens is 242 g/mol. The van der Waals surface area contributed by atoms with Gasteiger partial charge in [0.2, 0.25) is 0 Å². The van der Waals surface area contributed by atoms with E-state index in [1.807, 2.05) is 26.0 Å². The number of carbonyl (C=O) groups is 2. The smallest absolute Gasteiger partial charge is 0.321 e. The number of carbonyl (C=O) groups excluding carboxylic acids is 2. The van der Waals surface area contributed by atoms with Crippen LogP contribution in [0.4, 0.5) is 10.5 Å². The van der Waals surface area contributed by atoms with Gasteiger partial charge in [-0.15, -0.1) is 0 Å². The Morgan fingerprint density at radius 2 is 2.05 bits per heavy atom. The van der Waals surface area contributed by atoms with Crippen LogP contribution in [0.25, 0.3) is 0 Å². The Morgan fingerprint density at radius 3 is 2.68 bits per heavy atom. The third-order valence-corrected chi connectivity index (χ3v) is 3.12. The van der Waals surface area contributed by atoms with E-state index < -0.39 is 0 Å². The largest absolute Gasteiger partial charge is 0.350 e. The van der Waals surface area contributed by atoms with Crippen molar-refractivity contribution in [1.82, 2.24) is 10.6 Å². The van der Waals surface area contributed by atoms with Crippen molar-refractivity contribution >= 4 is 17.6 Å². The molecule has 0 bridgehead atoms. The molecule has 0 radical (unpaired) electrons. The highest BCUT2D eigenvalue weighted by Crippen LogP contribution is 2.29. The molecule has 102 valence electrons. The van der Waals surface area contributed by atoms with Crippen molar-refractivity contribution in [3.05, 3.63) is 29.3 Å². The maximum absolute atomic E-state index is 12.0. The average molecular weight is 261 g/mol. The molecule has 0 saturated carbocycles. The number of benzene rings is 1. The van der Waals surface area contributed by atoms with Crippen LogP contribution in [-0.4, -0.2) is 31.6 Å². The van der Waals surface area contributed by atoms with Crippen LogP contribution in [-0.2, 0) is 6.42 Å². The van der Waals surface area contributed by atoms with Crippen molar-refractivity contribution in [2.75, 3.05) is 18.5 Å². The van der Waals surface area contributed by atoms with E-state index in [0.29, 0.717) is 12.1 Å². The zero-order valence-electron chi connectivity index (χ0n) is 11.5. The quantitative estimate of drug-likeness (QED) is 0.848. The second kappa shape index (κ2) is 5.30. The summed E-state index contributed by atoms with van der Waals surface area (Å²) in [4.78, 5) is 25.4. The summed E-state index contributed by atoms with van der Waals surface area (Å²) in [7, 11) is 1.61. The lowest BCUT2D eigenvalue weighted by atomic mass is 10.1. The Labute approximate surface area is 113 Å². The van der Waals surface area contributed by atoms with Crippen LogP contribution in [0.3, 0.4) is 0 Å². The van der Waals surface area contributed by atoms with Crippen molar-refractivity contribution < 1.29 is 9.59 Å². The van der Waals surface area contributed by atoms with E-state index in [4.69, 9.17) is 0 Å². The van der Waals surface area contributed by atoms with Gasteiger partial charge in [-0.1, -0.05) is 6.07 Å². The Bertz CT molecular complexity index is 511. The zero-order valence-corrected chi connectivity index (χ0v) is 11.5. The lowest BCUT2D eigenvalue weighted by Gasteiger charge is -2.17. The van der Waals surface area contributed by atoms with E-state index in [2.05, 4.69) is 10.6 Å². The topological polar surface area (TPSA) is 61.4 Å². The Balaban J connectivity index is 2.28. The predicted molar refractivity (Wildman–Crippen MR) is 74.5 cm³/mol. The molecule has 1 aliphatic heterocycles. The molecule has 1 aromatic carbocycles. The summed E-state index contributed by atoms with van der Waals surface area (Å²) >= 11 is 0. The third kappa shape index (κ3) is 2.70. The van der Waals surface area contributed by atoms with E-state index in [1.165, 1.54) is 0 Å². The molecule has 5 nitrogen and oxygen atoms in total. The van der Waals surface area contributed by atoms with Crippen LogP contribution in [0.1, 0.15) is 29.8 Å². The summed E-state index contributed by atoms with van der Waals surface area (Å²) in [6, 6.07) is 5.48. The molecule has 0 saturated heterocycles. The van der Waals surface area contributed by atoms with Gasteiger partial charge in [0.1, 0.15) is 0 Å². The van der Waals surface area contributed by atoms with Crippen molar-refractivity contribution in [3.63, 3.8) is 0 Å². The van der Waals surface area contributed by atoms with Crippen LogP contribution < -0.4 is 15.5 Å². The van der Waals surface area contributed by atoms with E-state index in [1.54, 1.807) is 18.0 Å². The first-order chi connectivity index (χ1) is 9.02. The molecule has 19 heavy (non-hydrogen) atoms. The van der Waals surface area contributed by atoms with Crippen LogP contribution in [0.15, 0.2) is 18.2 Å². The molecule has 0 unspecified atom stereocenters. The lowest BCUT2D eigenvalue weighted by Crippen LogP contribution is -2.37. The van der Waals surface area contributed by atoms with Gasteiger partial charge in [0.25, 0.3) is 5.91 Å². The molecular formula is C14H19N3O2. The number of urea groups is 1. The van der Waals surface area contributed by atoms with E-state index in [9.17, 15) is 9.59 Å². The van der Waals surface area contributed by atoms with Crippen molar-refractivity contribution in [3.8, 4) is 0 Å². The van der Waals surface area contributed by atoms with E-state index in [0.717, 1.165) is 17.7 Å². The number of amides is 3. The molecule has 5 heteroatoms. The summed E-state index contributed by atoms with van der Waals surface area (Å²) in [5.74, 6) is -0.110. The SMILES string of the molecule is CNC(=O)N1CCc2ccc(C(=O)NC(C)C)cc21. The van der Waals surface area contributed by atoms with Crippen molar-refractivity contribution in [1.29, 1.82) is 0 Å². The third-order valence-electron chi connectivity index (χ3n) is 3.12. The highest BCUT2D eigenvalue weighted by Gasteiger charge is 2.24. The Kier molecular flexibility index (Phi) is 3.74. The number of hydrogen-bond donors (Lipinski definition) is 2. The van der Waals surface area contributed by atoms with Gasteiger partial charge in [-0.25, -0.2) is 4.79 Å². The predicted octanol–water partition coefficient (Wildman–Crippen LogP) is 1.53. The zero-order chi connectivity index (χ0) is 14.0. The summed E-state index contributed by atoms with van der Waals surface area (Å²) < 4.78 is 0. The van der Waals surface area contributed by atoms with Gasteiger partial charge in [0.15, 0.2) is 0 Å². The van der Waals surface area contributed by atoms with Gasteiger partial charge in [0, 0.05) is 30.9 Å². The van der Waals surface area contributed by atoms with E-state index >= 15 is 0 Å². The Hall–Kier alpha value is -2.04. The summed E-state index contributed by atoms with van der Waals surface area (Å²) in [5, 5.41) is 5.47. The van der Waals surface area contributed by atoms with Gasteiger partial charge in [0.05, 0.1) is 0 Å². The molecule has 1 aromatic rings. The molecule has 1 heterocycles. The number of fused-ring (bicyclic) bond motifs is 1. The molecule has 2 N–H and O–H groups in total. The highest BCUT2D eigenvalue weighted by atomic mass is 16.2. The number of rotatable bonds is 2. The molecule has 2 rings (SSSR count). The lowest BCUT2D eigenvalue weighted by molar-refractivity contribution is 0.0943. The number of nitrogens with one attached hydrogen (secondary N) is 2. The van der Waals surface area contributed by atoms with Crippen LogP contribution in [0, 0.1) is 0 Å². The van der Waals surface area contributed by atoms with Crippen LogP contribution in [0.2, 0.25) is 0 Å². The van der Waals surface area contributed by atoms with Crippen LogP contribution in [0.5, 0.6) is 0 Å². The molecule has 0 aromatic heterocycles. The fraction of sp³-hybridized carbons (Fsp3) is 0.429. The first kappa shape index (κ1) is 13.4. The minimum Gasteiger partial charge on any atom is -0.350 e. The van der Waals surface area contributed by atoms with Crippen molar-refractivity contribution in [2.45, 2.75) is 26.3 Å². The number of hydrogen-bond acceptors (Lipinski definition) is 2. The first-order valence-corrected chi connectivity index (χ1v) is 6.46. The minimum atomic E-state index is -0.139. The summed E-state index contributed by atoms with van der Waals surface area (Å²) in [6.45, 7) is 4.49. The molecule has 0 aliphatic carbocycles. The van der Waals surface area contributed by atoms with Gasteiger partial charge < -0.3 is 10.6 Å². The molecule has 3 amide bonds. The highest BCUT2D eigenvalue weighted by molar-refractivity contribution is 5.99. The van der Waals surface area contributed by atoms with Gasteiger partial charge in [-0.05, 0) is 38.0 Å². The summed E-state index contributed by atoms with van der Waals surface area (Å²) in [6.07, 6.45) is 0.828. The fourth-order valence-electron chi connectivity index (χ4n) is 2.21. The fourth-order valence-corrected chi connectivity index (χ4v) is 2.21. The van der Waals surface area contributed by atoms with Crippen LogP contribution >= 0.6 is 0 Å². The molecule has 0 fully saturated rings. The van der Waals surface area contributed by atoms with Gasteiger partial charge in [-0.2, -0.15) is 0 Å². The number of nitrogens with zero attached hydrogens (tertiary/aromatic N) is 1. The van der Waals surface area contributed by atoms with Crippen molar-refractivity contribution in [2.24, 2.45) is 0 Å². The standard InChI is InChI=1S/C14H19N3O2/c1-9(2)16-13(18)11-5-4-10-6-7-17(12(10)8-11)14(19)15-3/h4-5,8-9H,6-7H2,1-3H3,(H,15,19)(H,16,18). The average Bonchev–Trinajstić information content (AvgIpc) is 2.79. The second-order valence-electron chi connectivity index (χ2n) is 4.93. The number of anilines is 1. The second-order valence-corrected chi connectivity index (χ2v) is 4.93. The minimum absolute atomic E-state index is 0.0933. The monoisotopic (exact) mass is 261 g/mol. The maximum Gasteiger partial charge on any atom is 0.321 e. The van der Waals surface area contributed by atoms with Gasteiger partial charge in [-0.3, -0.25) is 9.69 Å². The Morgan fingerprint density at radius 1 is 1.32 bits per heavy atom. The maximum atomic E-state index is 12.0. The molecule has 0 atom stereocenters. The molecule has 0 spiro atoms. The molecule has 1 aliphatic rings.